The summed E-state index contributed by atoms with van der Waals surface area (Å²) in [5, 5.41) is 21.8. The zero-order valence-electron chi connectivity index (χ0n) is 9.47. The summed E-state index contributed by atoms with van der Waals surface area (Å²) in [7, 11) is 0. The van der Waals surface area contributed by atoms with Crippen LogP contribution in [0, 0.1) is 5.92 Å². The Kier molecular flexibility index (Phi) is 3.58. The molecule has 1 heterocycles. The van der Waals surface area contributed by atoms with E-state index in [1.54, 1.807) is 0 Å². The summed E-state index contributed by atoms with van der Waals surface area (Å²) in [5.41, 5.74) is 0.215. The zero-order valence-corrected chi connectivity index (χ0v) is 9.47. The van der Waals surface area contributed by atoms with Gasteiger partial charge in [0.05, 0.1) is 17.9 Å². The van der Waals surface area contributed by atoms with Crippen LogP contribution in [0.2, 0.25) is 0 Å². The van der Waals surface area contributed by atoms with Crippen molar-refractivity contribution in [1.29, 1.82) is 0 Å². The van der Waals surface area contributed by atoms with E-state index in [9.17, 15) is 15.0 Å². The quantitative estimate of drug-likeness (QED) is 0.720. The number of rotatable bonds is 3. The van der Waals surface area contributed by atoms with Crippen LogP contribution in [-0.4, -0.2) is 33.8 Å². The molecule has 1 saturated carbocycles. The Labute approximate surface area is 99.5 Å². The Morgan fingerprint density at radius 3 is 3.00 bits per heavy atom. The molecule has 0 aromatic carbocycles. The molecule has 2 atom stereocenters. The summed E-state index contributed by atoms with van der Waals surface area (Å²) >= 11 is 0. The largest absolute Gasteiger partial charge is 0.505 e. The van der Waals surface area contributed by atoms with Gasteiger partial charge in [-0.25, -0.2) is 0 Å². The maximum absolute atomic E-state index is 11.7. The fraction of sp³-hybridized carbons (Fsp3) is 0.500. The van der Waals surface area contributed by atoms with Crippen molar-refractivity contribution in [3.05, 3.63) is 24.0 Å². The standard InChI is InChI=1S/C12H16N2O3/c15-10-3-1-2-8(10)6-14-12(17)9-4-5-13-7-11(9)16/h4-5,7-8,10,15-16H,1-3,6H2,(H,14,17). The predicted molar refractivity (Wildman–Crippen MR) is 61.6 cm³/mol. The van der Waals surface area contributed by atoms with Crippen molar-refractivity contribution in [2.45, 2.75) is 25.4 Å². The van der Waals surface area contributed by atoms with E-state index in [0.29, 0.717) is 6.54 Å². The number of aliphatic hydroxyl groups is 1. The first-order valence-electron chi connectivity index (χ1n) is 5.77. The molecule has 1 aromatic heterocycles. The summed E-state index contributed by atoms with van der Waals surface area (Å²) in [6.07, 6.45) is 5.12. The molecule has 1 aromatic rings. The van der Waals surface area contributed by atoms with Gasteiger partial charge < -0.3 is 15.5 Å². The fourth-order valence-corrected chi connectivity index (χ4v) is 2.15. The third-order valence-electron chi connectivity index (χ3n) is 3.19. The van der Waals surface area contributed by atoms with E-state index in [1.807, 2.05) is 0 Å². The Morgan fingerprint density at radius 2 is 2.35 bits per heavy atom. The second kappa shape index (κ2) is 5.14. The molecule has 1 aliphatic carbocycles. The smallest absolute Gasteiger partial charge is 0.255 e. The number of nitrogens with zero attached hydrogens (tertiary/aromatic N) is 1. The van der Waals surface area contributed by atoms with Crippen LogP contribution in [0.15, 0.2) is 18.5 Å². The lowest BCUT2D eigenvalue weighted by molar-refractivity contribution is 0.0914. The van der Waals surface area contributed by atoms with Crippen molar-refractivity contribution in [3.63, 3.8) is 0 Å². The van der Waals surface area contributed by atoms with Crippen molar-refractivity contribution < 1.29 is 15.0 Å². The highest BCUT2D eigenvalue weighted by atomic mass is 16.3. The molecule has 5 heteroatoms. The molecule has 1 fully saturated rings. The lowest BCUT2D eigenvalue weighted by Gasteiger charge is -2.15. The van der Waals surface area contributed by atoms with Crippen molar-refractivity contribution in [3.8, 4) is 5.75 Å². The molecule has 0 spiro atoms. The van der Waals surface area contributed by atoms with Crippen LogP contribution < -0.4 is 5.32 Å². The van der Waals surface area contributed by atoms with Crippen LogP contribution in [0.4, 0.5) is 0 Å². The third kappa shape index (κ3) is 2.74. The van der Waals surface area contributed by atoms with E-state index >= 15 is 0 Å². The van der Waals surface area contributed by atoms with Crippen LogP contribution in [0.5, 0.6) is 5.75 Å². The van der Waals surface area contributed by atoms with E-state index in [1.165, 1.54) is 18.5 Å². The number of pyridine rings is 1. The van der Waals surface area contributed by atoms with Crippen molar-refractivity contribution in [1.82, 2.24) is 10.3 Å². The highest BCUT2D eigenvalue weighted by Crippen LogP contribution is 2.24. The maximum Gasteiger partial charge on any atom is 0.255 e. The van der Waals surface area contributed by atoms with E-state index in [-0.39, 0.29) is 29.2 Å². The minimum atomic E-state index is -0.330. The molecule has 17 heavy (non-hydrogen) atoms. The Bertz CT molecular complexity index is 408. The Morgan fingerprint density at radius 1 is 1.53 bits per heavy atom. The van der Waals surface area contributed by atoms with Crippen molar-refractivity contribution >= 4 is 5.91 Å². The first-order valence-corrected chi connectivity index (χ1v) is 5.77. The molecule has 0 saturated heterocycles. The molecule has 1 amide bonds. The summed E-state index contributed by atoms with van der Waals surface area (Å²) in [4.78, 5) is 15.5. The average Bonchev–Trinajstić information content (AvgIpc) is 2.72. The number of nitrogens with one attached hydrogen (secondary N) is 1. The van der Waals surface area contributed by atoms with E-state index in [0.717, 1.165) is 19.3 Å². The molecule has 1 aliphatic rings. The second-order valence-electron chi connectivity index (χ2n) is 4.36. The van der Waals surface area contributed by atoms with Gasteiger partial charge in [0, 0.05) is 18.7 Å². The van der Waals surface area contributed by atoms with Gasteiger partial charge in [0.1, 0.15) is 5.75 Å². The fourth-order valence-electron chi connectivity index (χ4n) is 2.15. The van der Waals surface area contributed by atoms with E-state index in [2.05, 4.69) is 10.3 Å². The number of hydrogen-bond donors (Lipinski definition) is 3. The number of hydrogen-bond acceptors (Lipinski definition) is 4. The molecule has 0 radical (unpaired) electrons. The minimum absolute atomic E-state index is 0.128. The zero-order chi connectivity index (χ0) is 12.3. The minimum Gasteiger partial charge on any atom is -0.505 e. The van der Waals surface area contributed by atoms with Crippen LogP contribution in [-0.2, 0) is 0 Å². The van der Waals surface area contributed by atoms with Crippen molar-refractivity contribution in [2.75, 3.05) is 6.54 Å². The van der Waals surface area contributed by atoms with Crippen LogP contribution >= 0.6 is 0 Å². The van der Waals surface area contributed by atoms with Crippen LogP contribution in [0.25, 0.3) is 0 Å². The number of amides is 1. The van der Waals surface area contributed by atoms with Gasteiger partial charge in [-0.2, -0.15) is 0 Å². The van der Waals surface area contributed by atoms with Gasteiger partial charge in [0.2, 0.25) is 0 Å². The first-order chi connectivity index (χ1) is 8.18. The highest BCUT2D eigenvalue weighted by Gasteiger charge is 2.25. The van der Waals surface area contributed by atoms with Crippen molar-refractivity contribution in [2.24, 2.45) is 5.92 Å². The number of carbonyl (C=O) groups excluding carboxylic acids is 1. The molecule has 0 bridgehead atoms. The van der Waals surface area contributed by atoms with Gasteiger partial charge in [-0.15, -0.1) is 0 Å². The normalized spacial score (nSPS) is 23.6. The Hall–Kier alpha value is -1.62. The number of aromatic hydroxyl groups is 1. The highest BCUT2D eigenvalue weighted by molar-refractivity contribution is 5.96. The summed E-state index contributed by atoms with van der Waals surface area (Å²) in [6, 6.07) is 1.47. The lowest BCUT2D eigenvalue weighted by Crippen LogP contribution is -2.32. The SMILES string of the molecule is O=C(NCC1CCCC1O)c1ccncc1O. The van der Waals surface area contributed by atoms with Gasteiger partial charge >= 0.3 is 0 Å². The number of aliphatic hydroxyl groups excluding tert-OH is 1. The molecule has 0 aliphatic heterocycles. The Balaban J connectivity index is 1.91. The van der Waals surface area contributed by atoms with E-state index in [4.69, 9.17) is 0 Å². The van der Waals surface area contributed by atoms with E-state index < -0.39 is 0 Å². The molecule has 5 nitrogen and oxygen atoms in total. The first kappa shape index (κ1) is 11.9. The van der Waals surface area contributed by atoms with Crippen LogP contribution in [0.3, 0.4) is 0 Å². The van der Waals surface area contributed by atoms with Gasteiger partial charge in [-0.1, -0.05) is 6.42 Å². The summed E-state index contributed by atoms with van der Waals surface area (Å²) in [6.45, 7) is 0.446. The topological polar surface area (TPSA) is 82.5 Å². The predicted octanol–water partition coefficient (Wildman–Crippen LogP) is 0.678. The molecule has 92 valence electrons. The van der Waals surface area contributed by atoms with Gasteiger partial charge in [0.25, 0.3) is 5.91 Å². The second-order valence-corrected chi connectivity index (χ2v) is 4.36. The average molecular weight is 236 g/mol. The molecular weight excluding hydrogens is 220 g/mol. The number of carbonyl (C=O) groups is 1. The molecule has 3 N–H and O–H groups in total. The van der Waals surface area contributed by atoms with Crippen LogP contribution in [0.1, 0.15) is 29.6 Å². The van der Waals surface area contributed by atoms with Gasteiger partial charge in [0.15, 0.2) is 0 Å². The number of aromatic nitrogens is 1. The lowest BCUT2D eigenvalue weighted by atomic mass is 10.1. The molecule has 2 unspecified atom stereocenters. The molecule has 2 rings (SSSR count). The monoisotopic (exact) mass is 236 g/mol. The van der Waals surface area contributed by atoms with Gasteiger partial charge in [-0.05, 0) is 18.9 Å². The summed E-state index contributed by atoms with van der Waals surface area (Å²) < 4.78 is 0. The maximum atomic E-state index is 11.7. The molecular formula is C12H16N2O3. The van der Waals surface area contributed by atoms with Gasteiger partial charge in [-0.3, -0.25) is 9.78 Å². The summed E-state index contributed by atoms with van der Waals surface area (Å²) in [5.74, 6) is -0.330. The third-order valence-corrected chi connectivity index (χ3v) is 3.19.